The molecule has 0 radical (unpaired) electrons. The highest BCUT2D eigenvalue weighted by Crippen LogP contribution is 2.27. The summed E-state index contributed by atoms with van der Waals surface area (Å²) in [6.07, 6.45) is -0.139. The lowest BCUT2D eigenvalue weighted by molar-refractivity contribution is -0.141. The van der Waals surface area contributed by atoms with Gasteiger partial charge in [-0.1, -0.05) is 54.1 Å². The molecule has 2 rings (SSSR count). The molecule has 2 unspecified atom stereocenters. The number of carbonyl (C=O) groups is 3. The number of esters is 1. The van der Waals surface area contributed by atoms with Gasteiger partial charge in [0, 0.05) is 5.02 Å². The largest absolute Gasteiger partial charge is 0.469 e. The van der Waals surface area contributed by atoms with Crippen molar-refractivity contribution in [1.29, 1.82) is 0 Å². The minimum atomic E-state index is -0.733. The molecule has 0 aromatic heterocycles. The number of ether oxygens (including phenoxy) is 1. The van der Waals surface area contributed by atoms with Crippen LogP contribution in [0, 0.1) is 6.92 Å². The first-order valence-corrected chi connectivity index (χ1v) is 9.41. The third-order valence-corrected chi connectivity index (χ3v) is 4.83. The lowest BCUT2D eigenvalue weighted by Crippen LogP contribution is -2.38. The van der Waals surface area contributed by atoms with Gasteiger partial charge in [0.15, 0.2) is 0 Å². The van der Waals surface area contributed by atoms with Crippen LogP contribution < -0.4 is 16.4 Å². The fourth-order valence-corrected chi connectivity index (χ4v) is 3.34. The van der Waals surface area contributed by atoms with Crippen molar-refractivity contribution in [1.82, 2.24) is 10.6 Å². The van der Waals surface area contributed by atoms with Crippen molar-refractivity contribution < 1.29 is 19.1 Å². The molecule has 4 N–H and O–H groups in total. The van der Waals surface area contributed by atoms with E-state index in [0.29, 0.717) is 10.6 Å². The summed E-state index contributed by atoms with van der Waals surface area (Å²) in [5, 5.41) is 5.84. The number of aryl methyl sites for hydroxylation is 1. The molecule has 0 bridgehead atoms. The molecular formula is C21H24ClN3O4. The molecule has 0 spiro atoms. The van der Waals surface area contributed by atoms with Gasteiger partial charge in [0.2, 0.25) is 5.91 Å². The van der Waals surface area contributed by atoms with Crippen molar-refractivity contribution in [2.45, 2.75) is 31.8 Å². The van der Waals surface area contributed by atoms with Crippen LogP contribution in [0.1, 0.15) is 41.6 Å². The second-order valence-electron chi connectivity index (χ2n) is 6.54. The zero-order chi connectivity index (χ0) is 21.4. The van der Waals surface area contributed by atoms with Crippen LogP contribution in [0.25, 0.3) is 0 Å². The van der Waals surface area contributed by atoms with Gasteiger partial charge in [-0.25, -0.2) is 4.79 Å². The van der Waals surface area contributed by atoms with Gasteiger partial charge in [-0.05, 0) is 29.7 Å². The molecule has 0 saturated heterocycles. The maximum atomic E-state index is 12.8. The van der Waals surface area contributed by atoms with Crippen LogP contribution in [0.5, 0.6) is 0 Å². The molecule has 2 aromatic carbocycles. The Morgan fingerprint density at radius 2 is 1.55 bits per heavy atom. The quantitative estimate of drug-likeness (QED) is 0.573. The number of nitrogens with two attached hydrogens (primary N) is 1. The highest BCUT2D eigenvalue weighted by atomic mass is 35.5. The Morgan fingerprint density at radius 3 is 2.14 bits per heavy atom. The average molecular weight is 418 g/mol. The Hall–Kier alpha value is -3.06. The van der Waals surface area contributed by atoms with Crippen LogP contribution in [0.15, 0.2) is 48.5 Å². The smallest absolute Gasteiger partial charge is 0.312 e. The normalized spacial score (nSPS) is 12.5. The van der Waals surface area contributed by atoms with Crippen molar-refractivity contribution in [3.8, 4) is 0 Å². The number of primary amides is 1. The van der Waals surface area contributed by atoms with Gasteiger partial charge in [0.05, 0.1) is 32.0 Å². The maximum absolute atomic E-state index is 12.8. The van der Waals surface area contributed by atoms with E-state index in [9.17, 15) is 14.4 Å². The van der Waals surface area contributed by atoms with Crippen LogP contribution >= 0.6 is 11.6 Å². The van der Waals surface area contributed by atoms with E-state index in [-0.39, 0.29) is 18.7 Å². The van der Waals surface area contributed by atoms with Gasteiger partial charge in [-0.15, -0.1) is 0 Å². The van der Waals surface area contributed by atoms with Gasteiger partial charge in [-0.2, -0.15) is 0 Å². The summed E-state index contributed by atoms with van der Waals surface area (Å²) in [4.78, 5) is 36.1. The van der Waals surface area contributed by atoms with E-state index < -0.39 is 24.1 Å². The molecule has 3 amide bonds. The van der Waals surface area contributed by atoms with E-state index in [4.69, 9.17) is 22.1 Å². The summed E-state index contributed by atoms with van der Waals surface area (Å²) in [6, 6.07) is 12.3. The van der Waals surface area contributed by atoms with Gasteiger partial charge in [0.1, 0.15) is 0 Å². The van der Waals surface area contributed by atoms with E-state index in [1.807, 2.05) is 31.2 Å². The summed E-state index contributed by atoms with van der Waals surface area (Å²) in [7, 11) is 1.28. The van der Waals surface area contributed by atoms with Crippen molar-refractivity contribution in [3.05, 3.63) is 70.2 Å². The molecule has 0 aliphatic heterocycles. The lowest BCUT2D eigenvalue weighted by atomic mass is 9.97. The van der Waals surface area contributed by atoms with Crippen LogP contribution in [0.4, 0.5) is 4.79 Å². The summed E-state index contributed by atoms with van der Waals surface area (Å²) in [6.45, 7) is 1.88. The minimum Gasteiger partial charge on any atom is -0.469 e. The van der Waals surface area contributed by atoms with Gasteiger partial charge >= 0.3 is 12.0 Å². The SMILES string of the molecule is COC(=O)CC(NC(=O)CC(NC(N)=O)c1ccccc1C)c1ccccc1Cl. The molecule has 0 saturated carbocycles. The van der Waals surface area contributed by atoms with Gasteiger partial charge < -0.3 is 21.1 Å². The van der Waals surface area contributed by atoms with E-state index in [1.54, 1.807) is 24.3 Å². The number of halogens is 1. The van der Waals surface area contributed by atoms with E-state index in [1.165, 1.54) is 7.11 Å². The number of urea groups is 1. The van der Waals surface area contributed by atoms with Gasteiger partial charge in [-0.3, -0.25) is 9.59 Å². The summed E-state index contributed by atoms with van der Waals surface area (Å²) < 4.78 is 4.74. The number of nitrogens with one attached hydrogen (secondary N) is 2. The van der Waals surface area contributed by atoms with Crippen molar-refractivity contribution in [2.24, 2.45) is 5.73 Å². The molecule has 29 heavy (non-hydrogen) atoms. The standard InChI is InChI=1S/C21H24ClN3O4/c1-13-7-3-4-8-14(13)17(25-21(23)28)11-19(26)24-18(12-20(27)29-2)15-9-5-6-10-16(15)22/h3-10,17-18H,11-12H2,1-2H3,(H,24,26)(H3,23,25,28). The zero-order valence-corrected chi connectivity index (χ0v) is 17.0. The average Bonchev–Trinajstić information content (AvgIpc) is 2.67. The number of hydrogen-bond donors (Lipinski definition) is 3. The molecule has 2 atom stereocenters. The van der Waals surface area contributed by atoms with Crippen LogP contribution in [-0.2, 0) is 14.3 Å². The van der Waals surface area contributed by atoms with Crippen LogP contribution in [0.2, 0.25) is 5.02 Å². The molecular weight excluding hydrogens is 394 g/mol. The molecule has 0 fully saturated rings. The number of hydrogen-bond acceptors (Lipinski definition) is 4. The monoisotopic (exact) mass is 417 g/mol. The maximum Gasteiger partial charge on any atom is 0.312 e. The van der Waals surface area contributed by atoms with E-state index >= 15 is 0 Å². The number of rotatable bonds is 8. The van der Waals surface area contributed by atoms with Crippen molar-refractivity contribution in [2.75, 3.05) is 7.11 Å². The second-order valence-corrected chi connectivity index (χ2v) is 6.95. The summed E-state index contributed by atoms with van der Waals surface area (Å²) >= 11 is 6.24. The molecule has 0 aliphatic carbocycles. The topological polar surface area (TPSA) is 111 Å². The molecule has 0 heterocycles. The van der Waals surface area contributed by atoms with Crippen molar-refractivity contribution >= 4 is 29.5 Å². The third-order valence-electron chi connectivity index (χ3n) is 4.48. The molecule has 2 aromatic rings. The molecule has 8 heteroatoms. The first kappa shape index (κ1) is 22.2. The van der Waals surface area contributed by atoms with Crippen molar-refractivity contribution in [3.63, 3.8) is 0 Å². The molecule has 0 aliphatic rings. The number of amides is 3. The zero-order valence-electron chi connectivity index (χ0n) is 16.3. The predicted molar refractivity (Wildman–Crippen MR) is 110 cm³/mol. The van der Waals surface area contributed by atoms with Crippen LogP contribution in [0.3, 0.4) is 0 Å². The van der Waals surface area contributed by atoms with E-state index in [0.717, 1.165) is 11.1 Å². The lowest BCUT2D eigenvalue weighted by Gasteiger charge is -2.23. The highest BCUT2D eigenvalue weighted by Gasteiger charge is 2.24. The Morgan fingerprint density at radius 1 is 0.966 bits per heavy atom. The van der Waals surface area contributed by atoms with E-state index in [2.05, 4.69) is 10.6 Å². The number of benzene rings is 2. The Balaban J connectivity index is 2.22. The highest BCUT2D eigenvalue weighted by molar-refractivity contribution is 6.31. The fourth-order valence-electron chi connectivity index (χ4n) is 3.07. The summed E-state index contributed by atoms with van der Waals surface area (Å²) in [5.74, 6) is -0.859. The summed E-state index contributed by atoms with van der Waals surface area (Å²) in [5.41, 5.74) is 7.59. The molecule has 7 nitrogen and oxygen atoms in total. The minimum absolute atomic E-state index is 0.0596. The van der Waals surface area contributed by atoms with Crippen LogP contribution in [-0.4, -0.2) is 25.0 Å². The first-order chi connectivity index (χ1) is 13.8. The number of carbonyl (C=O) groups excluding carboxylic acids is 3. The second kappa shape index (κ2) is 10.5. The molecule has 154 valence electrons. The Bertz CT molecular complexity index is 888. The fraction of sp³-hybridized carbons (Fsp3) is 0.286. The first-order valence-electron chi connectivity index (χ1n) is 9.04. The van der Waals surface area contributed by atoms with Gasteiger partial charge in [0.25, 0.3) is 0 Å². The Kier molecular flexibility index (Phi) is 8.03. The third kappa shape index (κ3) is 6.50. The Labute approximate surface area is 174 Å². The predicted octanol–water partition coefficient (Wildman–Crippen LogP) is 3.17. The number of methoxy groups -OCH3 is 1.